The van der Waals surface area contributed by atoms with Gasteiger partial charge in [0.1, 0.15) is 11.7 Å². The average molecular weight is 427 g/mol. The first-order chi connectivity index (χ1) is 15.4. The van der Waals surface area contributed by atoms with Crippen LogP contribution in [0.4, 0.5) is 0 Å². The van der Waals surface area contributed by atoms with Crippen LogP contribution < -0.4 is 11.1 Å². The number of hydrogen-bond donors (Lipinski definition) is 2. The molecule has 0 aliphatic heterocycles. The number of carbonyl (C=O) groups excluding carboxylic acids is 3. The number of nitrogens with zero attached hydrogens (tertiary/aromatic N) is 3. The van der Waals surface area contributed by atoms with Gasteiger partial charge in [-0.05, 0) is 10.9 Å². The lowest BCUT2D eigenvalue weighted by atomic mass is 10.00. The van der Waals surface area contributed by atoms with Crippen LogP contribution in [0, 0.1) is 0 Å². The molecule has 4 aromatic rings. The summed E-state index contributed by atoms with van der Waals surface area (Å²) in [7, 11) is 1.70. The van der Waals surface area contributed by atoms with E-state index in [-0.39, 0.29) is 12.0 Å². The number of nitrogens with two attached hydrogens (primary N) is 1. The SMILES string of the molecule is Cn1cc(C(=O)NC(Cc2ccccc2)C(=O)C(N)=O)c(-c2cncc3ccccc23)n1. The molecule has 8 heteroatoms. The Balaban J connectivity index is 1.70. The molecule has 2 aromatic heterocycles. The van der Waals surface area contributed by atoms with Crippen LogP contribution in [0.5, 0.6) is 0 Å². The summed E-state index contributed by atoms with van der Waals surface area (Å²) < 4.78 is 1.52. The summed E-state index contributed by atoms with van der Waals surface area (Å²) in [6.45, 7) is 0. The molecular weight excluding hydrogens is 406 g/mol. The largest absolute Gasteiger partial charge is 0.363 e. The number of hydrogen-bond acceptors (Lipinski definition) is 5. The van der Waals surface area contributed by atoms with E-state index in [9.17, 15) is 14.4 Å². The molecule has 2 aromatic carbocycles. The fourth-order valence-corrected chi connectivity index (χ4v) is 3.63. The zero-order chi connectivity index (χ0) is 22.7. The van der Waals surface area contributed by atoms with Crippen LogP contribution in [0.2, 0.25) is 0 Å². The van der Waals surface area contributed by atoms with Crippen molar-refractivity contribution in [2.45, 2.75) is 12.5 Å². The van der Waals surface area contributed by atoms with Gasteiger partial charge in [-0.3, -0.25) is 24.0 Å². The second-order valence-electron chi connectivity index (χ2n) is 7.42. The van der Waals surface area contributed by atoms with E-state index in [1.165, 1.54) is 4.68 Å². The number of fused-ring (bicyclic) bond motifs is 1. The standard InChI is InChI=1S/C24H21N5O3/c1-29-14-19(21(28-29)18-13-26-12-16-9-5-6-10-17(16)18)24(32)27-20(22(30)23(25)31)11-15-7-3-2-4-8-15/h2-10,12-14,20H,11H2,1H3,(H2,25,31)(H,27,32). The Kier molecular flexibility index (Phi) is 5.76. The number of amides is 2. The molecule has 0 spiro atoms. The third-order valence-electron chi connectivity index (χ3n) is 5.14. The highest BCUT2D eigenvalue weighted by Gasteiger charge is 2.28. The van der Waals surface area contributed by atoms with Crippen molar-refractivity contribution in [3.8, 4) is 11.3 Å². The first-order valence-electron chi connectivity index (χ1n) is 9.99. The van der Waals surface area contributed by atoms with Gasteiger partial charge in [-0.1, -0.05) is 54.6 Å². The van der Waals surface area contributed by atoms with E-state index in [4.69, 9.17) is 5.73 Å². The predicted molar refractivity (Wildman–Crippen MR) is 120 cm³/mol. The zero-order valence-electron chi connectivity index (χ0n) is 17.4. The molecular formula is C24H21N5O3. The lowest BCUT2D eigenvalue weighted by molar-refractivity contribution is -0.137. The van der Waals surface area contributed by atoms with Crippen LogP contribution in [0.1, 0.15) is 15.9 Å². The topological polar surface area (TPSA) is 120 Å². The van der Waals surface area contributed by atoms with Crippen LogP contribution in [0.25, 0.3) is 22.0 Å². The highest BCUT2D eigenvalue weighted by Crippen LogP contribution is 2.29. The number of benzene rings is 2. The zero-order valence-corrected chi connectivity index (χ0v) is 17.4. The quantitative estimate of drug-likeness (QED) is 0.437. The van der Waals surface area contributed by atoms with E-state index in [0.717, 1.165) is 16.3 Å². The van der Waals surface area contributed by atoms with E-state index >= 15 is 0 Å². The maximum atomic E-state index is 13.2. The number of carbonyl (C=O) groups is 3. The first-order valence-corrected chi connectivity index (χ1v) is 9.99. The molecule has 3 N–H and O–H groups in total. The monoisotopic (exact) mass is 427 g/mol. The summed E-state index contributed by atoms with van der Waals surface area (Å²) in [5.41, 5.74) is 7.40. The number of nitrogens with one attached hydrogen (secondary N) is 1. The van der Waals surface area contributed by atoms with Gasteiger partial charge in [0.2, 0.25) is 5.78 Å². The second-order valence-corrected chi connectivity index (χ2v) is 7.42. The number of pyridine rings is 1. The van der Waals surface area contributed by atoms with Gasteiger partial charge >= 0.3 is 0 Å². The van der Waals surface area contributed by atoms with Gasteiger partial charge in [-0.2, -0.15) is 5.10 Å². The fraction of sp³-hybridized carbons (Fsp3) is 0.125. The van der Waals surface area contributed by atoms with Gasteiger partial charge in [0.05, 0.1) is 5.56 Å². The summed E-state index contributed by atoms with van der Waals surface area (Å²) in [6.07, 6.45) is 5.10. The van der Waals surface area contributed by atoms with Gasteiger partial charge in [0.25, 0.3) is 11.8 Å². The number of primary amides is 1. The Morgan fingerprint density at radius 2 is 1.75 bits per heavy atom. The first kappa shape index (κ1) is 20.9. The molecule has 160 valence electrons. The smallest absolute Gasteiger partial charge is 0.287 e. The van der Waals surface area contributed by atoms with Crippen molar-refractivity contribution in [3.63, 3.8) is 0 Å². The minimum absolute atomic E-state index is 0.139. The fourth-order valence-electron chi connectivity index (χ4n) is 3.63. The molecule has 2 heterocycles. The van der Waals surface area contributed by atoms with Crippen LogP contribution in [-0.2, 0) is 23.1 Å². The minimum atomic E-state index is -1.10. The number of rotatable bonds is 7. The molecule has 4 rings (SSSR count). The number of ketones is 1. The Bertz CT molecular complexity index is 1310. The van der Waals surface area contributed by atoms with E-state index in [1.807, 2.05) is 54.6 Å². The van der Waals surface area contributed by atoms with Gasteiger partial charge < -0.3 is 11.1 Å². The highest BCUT2D eigenvalue weighted by atomic mass is 16.2. The Morgan fingerprint density at radius 3 is 2.50 bits per heavy atom. The van der Waals surface area contributed by atoms with E-state index in [1.54, 1.807) is 25.6 Å². The molecule has 1 unspecified atom stereocenters. The lowest BCUT2D eigenvalue weighted by Crippen LogP contribution is -2.47. The van der Waals surface area contributed by atoms with Crippen LogP contribution in [-0.4, -0.2) is 38.4 Å². The number of Topliss-reactive ketones (excluding diaryl/α,β-unsaturated/α-hetero) is 1. The van der Waals surface area contributed by atoms with Crippen molar-refractivity contribution < 1.29 is 14.4 Å². The molecule has 2 amide bonds. The average Bonchev–Trinajstić information content (AvgIpc) is 3.20. The van der Waals surface area contributed by atoms with Crippen LogP contribution in [0.15, 0.2) is 73.2 Å². The van der Waals surface area contributed by atoms with E-state index in [2.05, 4.69) is 15.4 Å². The van der Waals surface area contributed by atoms with Gasteiger partial charge in [0.15, 0.2) is 0 Å². The molecule has 32 heavy (non-hydrogen) atoms. The van der Waals surface area contributed by atoms with Gasteiger partial charge in [0, 0.05) is 43.0 Å². The van der Waals surface area contributed by atoms with Crippen molar-refractivity contribution in [1.29, 1.82) is 0 Å². The molecule has 0 saturated heterocycles. The number of aromatic nitrogens is 3. The maximum absolute atomic E-state index is 13.2. The highest BCUT2D eigenvalue weighted by molar-refractivity contribution is 6.38. The Morgan fingerprint density at radius 1 is 1.03 bits per heavy atom. The molecule has 0 saturated carbocycles. The molecule has 0 bridgehead atoms. The Labute approximate surface area is 184 Å². The molecule has 0 fully saturated rings. The summed E-state index contributed by atoms with van der Waals surface area (Å²) in [4.78, 5) is 41.5. The molecule has 0 aliphatic rings. The molecule has 1 atom stereocenters. The van der Waals surface area contributed by atoms with Crippen molar-refractivity contribution in [1.82, 2.24) is 20.1 Å². The molecule has 0 aliphatic carbocycles. The Hall–Kier alpha value is -4.33. The second kappa shape index (κ2) is 8.81. The van der Waals surface area contributed by atoms with E-state index in [0.29, 0.717) is 11.3 Å². The van der Waals surface area contributed by atoms with E-state index < -0.39 is 23.6 Å². The predicted octanol–water partition coefficient (Wildman–Crippen LogP) is 2.03. The van der Waals surface area contributed by atoms with Gasteiger partial charge in [-0.25, -0.2) is 0 Å². The van der Waals surface area contributed by atoms with Gasteiger partial charge in [-0.15, -0.1) is 0 Å². The minimum Gasteiger partial charge on any atom is -0.363 e. The van der Waals surface area contributed by atoms with Crippen molar-refractivity contribution >= 4 is 28.4 Å². The summed E-state index contributed by atoms with van der Waals surface area (Å²) in [6, 6.07) is 15.7. The van der Waals surface area contributed by atoms with Crippen molar-refractivity contribution in [2.24, 2.45) is 12.8 Å². The van der Waals surface area contributed by atoms with Crippen LogP contribution >= 0.6 is 0 Å². The van der Waals surface area contributed by atoms with Crippen molar-refractivity contribution in [3.05, 3.63) is 84.3 Å². The lowest BCUT2D eigenvalue weighted by Gasteiger charge is -2.16. The normalized spacial score (nSPS) is 11.8. The summed E-state index contributed by atoms with van der Waals surface area (Å²) >= 11 is 0. The summed E-state index contributed by atoms with van der Waals surface area (Å²) in [5.74, 6) is -2.49. The number of aryl methyl sites for hydroxylation is 1. The molecule has 0 radical (unpaired) electrons. The molecule has 8 nitrogen and oxygen atoms in total. The third-order valence-corrected chi connectivity index (χ3v) is 5.14. The van der Waals surface area contributed by atoms with Crippen LogP contribution in [0.3, 0.4) is 0 Å². The maximum Gasteiger partial charge on any atom is 0.287 e. The third kappa shape index (κ3) is 4.24. The van der Waals surface area contributed by atoms with Crippen molar-refractivity contribution in [2.75, 3.05) is 0 Å². The summed E-state index contributed by atoms with van der Waals surface area (Å²) in [5, 5.41) is 8.94.